The van der Waals surface area contributed by atoms with E-state index in [1.54, 1.807) is 0 Å². The van der Waals surface area contributed by atoms with Crippen LogP contribution in [0.1, 0.15) is 0 Å². The fourth-order valence-electron chi connectivity index (χ4n) is 1.01. The van der Waals surface area contributed by atoms with Gasteiger partial charge >= 0.3 is 5.97 Å². The summed E-state index contributed by atoms with van der Waals surface area (Å²) in [6.45, 7) is -0.424. The molecule has 5 heteroatoms. The van der Waals surface area contributed by atoms with Crippen LogP contribution in [0.15, 0.2) is 24.3 Å². The van der Waals surface area contributed by atoms with Crippen molar-refractivity contribution in [3.63, 3.8) is 0 Å². The Morgan fingerprint density at radius 3 is 2.71 bits per heavy atom. The van der Waals surface area contributed by atoms with Crippen LogP contribution in [0.3, 0.4) is 0 Å². The van der Waals surface area contributed by atoms with Crippen LogP contribution < -0.4 is 4.90 Å². The predicted octanol–water partition coefficient (Wildman–Crippen LogP) is 0.440. The molecule has 1 aromatic rings. The monoisotopic (exact) mass is 195 g/mol. The number of anilines is 1. The lowest BCUT2D eigenvalue weighted by molar-refractivity contribution is -0.136. The number of hydrogen-bond acceptors (Lipinski definition) is 3. The molecule has 0 aliphatic heterocycles. The van der Waals surface area contributed by atoms with E-state index in [1.807, 2.05) is 0 Å². The fraction of sp³-hybridized carbons (Fsp3) is 0.111. The Labute approximate surface area is 80.2 Å². The normalized spacial score (nSPS) is 9.43. The molecule has 5 nitrogen and oxygen atoms in total. The Balaban J connectivity index is 2.89. The number of aromatic hydroxyl groups is 1. The third kappa shape index (κ3) is 2.48. The van der Waals surface area contributed by atoms with Gasteiger partial charge in [0.15, 0.2) is 0 Å². The molecule has 74 valence electrons. The lowest BCUT2D eigenvalue weighted by Gasteiger charge is -2.14. The molecule has 0 bridgehead atoms. The van der Waals surface area contributed by atoms with Crippen LogP contribution >= 0.6 is 0 Å². The zero-order valence-corrected chi connectivity index (χ0v) is 7.25. The van der Waals surface area contributed by atoms with E-state index in [-0.39, 0.29) is 5.75 Å². The highest BCUT2D eigenvalue weighted by atomic mass is 16.4. The minimum Gasteiger partial charge on any atom is -0.508 e. The average molecular weight is 195 g/mol. The number of aliphatic carboxylic acids is 1. The van der Waals surface area contributed by atoms with E-state index in [0.717, 1.165) is 4.90 Å². The maximum Gasteiger partial charge on any atom is 0.323 e. The summed E-state index contributed by atoms with van der Waals surface area (Å²) in [5.74, 6) is -1.12. The highest BCUT2D eigenvalue weighted by Crippen LogP contribution is 2.18. The highest BCUT2D eigenvalue weighted by Gasteiger charge is 2.09. The molecule has 0 saturated carbocycles. The molecule has 0 aliphatic carbocycles. The number of carboxylic acids is 1. The van der Waals surface area contributed by atoms with Gasteiger partial charge in [-0.25, -0.2) is 0 Å². The fourth-order valence-corrected chi connectivity index (χ4v) is 1.01. The second-order valence-corrected chi connectivity index (χ2v) is 2.65. The Bertz CT molecular complexity index is 350. The molecule has 1 aromatic carbocycles. The molecule has 0 aromatic heterocycles. The molecular formula is C9H9NO4. The molecule has 0 spiro atoms. The number of amides is 1. The lowest BCUT2D eigenvalue weighted by Crippen LogP contribution is -2.27. The van der Waals surface area contributed by atoms with Crippen molar-refractivity contribution in [1.29, 1.82) is 0 Å². The van der Waals surface area contributed by atoms with Crippen molar-refractivity contribution in [3.05, 3.63) is 24.3 Å². The Hall–Kier alpha value is -2.04. The van der Waals surface area contributed by atoms with Gasteiger partial charge in [-0.1, -0.05) is 6.07 Å². The van der Waals surface area contributed by atoms with E-state index < -0.39 is 12.5 Å². The quantitative estimate of drug-likeness (QED) is 0.683. The van der Waals surface area contributed by atoms with Gasteiger partial charge in [0.1, 0.15) is 12.3 Å². The van der Waals surface area contributed by atoms with Crippen LogP contribution in [0.25, 0.3) is 0 Å². The first kappa shape index (κ1) is 10.0. The first-order valence-corrected chi connectivity index (χ1v) is 3.86. The first-order valence-electron chi connectivity index (χ1n) is 3.86. The minimum absolute atomic E-state index is 0.0141. The van der Waals surface area contributed by atoms with Crippen molar-refractivity contribution in [2.24, 2.45) is 0 Å². The van der Waals surface area contributed by atoms with E-state index >= 15 is 0 Å². The Morgan fingerprint density at radius 2 is 2.21 bits per heavy atom. The summed E-state index contributed by atoms with van der Waals surface area (Å²) >= 11 is 0. The van der Waals surface area contributed by atoms with Gasteiger partial charge in [0.25, 0.3) is 0 Å². The third-order valence-corrected chi connectivity index (χ3v) is 1.59. The molecule has 0 unspecified atom stereocenters. The molecule has 0 saturated heterocycles. The maximum absolute atomic E-state index is 10.5. The van der Waals surface area contributed by atoms with Crippen LogP contribution in [0, 0.1) is 0 Å². The standard InChI is InChI=1S/C9H9NO4/c11-6-10(5-9(13)14)7-2-1-3-8(12)4-7/h1-4,6,12H,5H2,(H,13,14). The molecule has 0 radical (unpaired) electrons. The van der Waals surface area contributed by atoms with E-state index in [0.29, 0.717) is 12.1 Å². The van der Waals surface area contributed by atoms with Gasteiger partial charge in [-0.3, -0.25) is 9.59 Å². The van der Waals surface area contributed by atoms with Gasteiger partial charge in [0.05, 0.1) is 0 Å². The van der Waals surface area contributed by atoms with Crippen LogP contribution in [-0.2, 0) is 9.59 Å². The van der Waals surface area contributed by atoms with E-state index in [2.05, 4.69) is 0 Å². The SMILES string of the molecule is O=CN(CC(=O)O)c1cccc(O)c1. The number of carboxylic acid groups (broad SMARTS) is 1. The molecular weight excluding hydrogens is 186 g/mol. The zero-order valence-electron chi connectivity index (χ0n) is 7.25. The highest BCUT2D eigenvalue weighted by molar-refractivity contribution is 5.85. The summed E-state index contributed by atoms with van der Waals surface area (Å²) in [5.41, 5.74) is 0.349. The summed E-state index contributed by atoms with van der Waals surface area (Å²) in [7, 11) is 0. The smallest absolute Gasteiger partial charge is 0.323 e. The second-order valence-electron chi connectivity index (χ2n) is 2.65. The summed E-state index contributed by atoms with van der Waals surface area (Å²) in [6.07, 6.45) is 0.406. The number of phenols is 1. The molecule has 2 N–H and O–H groups in total. The molecule has 0 fully saturated rings. The Kier molecular flexibility index (Phi) is 3.06. The summed E-state index contributed by atoms with van der Waals surface area (Å²) < 4.78 is 0. The van der Waals surface area contributed by atoms with Crippen molar-refractivity contribution in [2.75, 3.05) is 11.4 Å². The van der Waals surface area contributed by atoms with Gasteiger partial charge in [-0.05, 0) is 12.1 Å². The van der Waals surface area contributed by atoms with Gasteiger partial charge in [-0.2, -0.15) is 0 Å². The first-order chi connectivity index (χ1) is 6.63. The van der Waals surface area contributed by atoms with Crippen LogP contribution in [0.2, 0.25) is 0 Å². The zero-order chi connectivity index (χ0) is 10.6. The molecule has 0 heterocycles. The maximum atomic E-state index is 10.5. The van der Waals surface area contributed by atoms with Crippen molar-refractivity contribution < 1.29 is 19.8 Å². The summed E-state index contributed by atoms with van der Waals surface area (Å²) in [4.78, 5) is 21.9. The molecule has 1 amide bonds. The predicted molar refractivity (Wildman–Crippen MR) is 49.2 cm³/mol. The van der Waals surface area contributed by atoms with E-state index in [9.17, 15) is 9.59 Å². The second kappa shape index (κ2) is 4.27. The number of carbonyl (C=O) groups is 2. The van der Waals surface area contributed by atoms with Crippen LogP contribution in [0.4, 0.5) is 5.69 Å². The van der Waals surface area contributed by atoms with Crippen molar-refractivity contribution in [2.45, 2.75) is 0 Å². The Morgan fingerprint density at radius 1 is 1.50 bits per heavy atom. The van der Waals surface area contributed by atoms with Gasteiger partial charge < -0.3 is 15.1 Å². The van der Waals surface area contributed by atoms with Crippen LogP contribution in [-0.4, -0.2) is 29.1 Å². The third-order valence-electron chi connectivity index (χ3n) is 1.59. The minimum atomic E-state index is -1.11. The van der Waals surface area contributed by atoms with E-state index in [4.69, 9.17) is 10.2 Å². The van der Waals surface area contributed by atoms with E-state index in [1.165, 1.54) is 24.3 Å². The molecule has 1 rings (SSSR count). The lowest BCUT2D eigenvalue weighted by atomic mass is 10.3. The molecule has 0 aliphatic rings. The van der Waals surface area contributed by atoms with Crippen LogP contribution in [0.5, 0.6) is 5.75 Å². The van der Waals surface area contributed by atoms with Gasteiger partial charge in [0.2, 0.25) is 6.41 Å². The van der Waals surface area contributed by atoms with Gasteiger partial charge in [0, 0.05) is 11.8 Å². The number of hydrogen-bond donors (Lipinski definition) is 2. The summed E-state index contributed by atoms with van der Waals surface area (Å²) in [6, 6.07) is 5.82. The van der Waals surface area contributed by atoms with Crippen molar-refractivity contribution in [3.8, 4) is 5.75 Å². The number of phenolic OH excluding ortho intramolecular Hbond substituents is 1. The number of rotatable bonds is 4. The van der Waals surface area contributed by atoms with Crippen molar-refractivity contribution >= 4 is 18.1 Å². The van der Waals surface area contributed by atoms with Crippen molar-refractivity contribution in [1.82, 2.24) is 0 Å². The van der Waals surface area contributed by atoms with Gasteiger partial charge in [-0.15, -0.1) is 0 Å². The molecule has 14 heavy (non-hydrogen) atoms. The summed E-state index contributed by atoms with van der Waals surface area (Å²) in [5, 5.41) is 17.6. The number of benzene rings is 1. The molecule has 0 atom stereocenters. The largest absolute Gasteiger partial charge is 0.508 e. The number of nitrogens with zero attached hydrogens (tertiary/aromatic N) is 1. The topological polar surface area (TPSA) is 77.8 Å². The number of carbonyl (C=O) groups excluding carboxylic acids is 1. The average Bonchev–Trinajstić information content (AvgIpc) is 2.14.